The lowest BCUT2D eigenvalue weighted by Crippen LogP contribution is -2.51. The molecule has 3 nitrogen and oxygen atoms in total. The average Bonchev–Trinajstić information content (AvgIpc) is 2.26. The first-order valence-corrected chi connectivity index (χ1v) is 6.09. The zero-order valence-electron chi connectivity index (χ0n) is 10.4. The maximum absolute atomic E-state index is 5.24. The number of ether oxygens (including phenoxy) is 1. The van der Waals surface area contributed by atoms with Crippen molar-refractivity contribution in [3.63, 3.8) is 0 Å². The second-order valence-electron chi connectivity index (χ2n) is 3.71. The molecule has 0 aromatic rings. The van der Waals surface area contributed by atoms with E-state index in [0.29, 0.717) is 6.61 Å². The molecule has 2 N–H and O–H groups in total. The molecule has 0 heterocycles. The maximum Gasteiger partial charge on any atom is 0.166 e. The molecule has 0 aromatic heterocycles. The van der Waals surface area contributed by atoms with Crippen molar-refractivity contribution in [3.05, 3.63) is 0 Å². The molecule has 90 valence electrons. The largest absolute Gasteiger partial charge is 0.383 e. The van der Waals surface area contributed by atoms with E-state index >= 15 is 0 Å². The Bertz CT molecular complexity index is 173. The van der Waals surface area contributed by atoms with E-state index in [1.165, 1.54) is 0 Å². The minimum Gasteiger partial charge on any atom is -0.383 e. The van der Waals surface area contributed by atoms with Crippen LogP contribution in [0.2, 0.25) is 0 Å². The second kappa shape index (κ2) is 7.88. The number of rotatable bonds is 7. The van der Waals surface area contributed by atoms with E-state index in [1.54, 1.807) is 7.11 Å². The Morgan fingerprint density at radius 2 is 1.73 bits per heavy atom. The van der Waals surface area contributed by atoms with Crippen molar-refractivity contribution < 1.29 is 4.74 Å². The molecule has 0 bridgehead atoms. The SMILES string of the molecule is CCC(CC)(CC)NC(=S)NCCOC. The quantitative estimate of drug-likeness (QED) is 0.520. The lowest BCUT2D eigenvalue weighted by Gasteiger charge is -2.33. The van der Waals surface area contributed by atoms with Gasteiger partial charge in [0.15, 0.2) is 5.11 Å². The molecule has 0 amide bonds. The van der Waals surface area contributed by atoms with Crippen LogP contribution in [0.15, 0.2) is 0 Å². The highest BCUT2D eigenvalue weighted by atomic mass is 32.1. The highest BCUT2D eigenvalue weighted by molar-refractivity contribution is 7.80. The third-order valence-corrected chi connectivity index (χ3v) is 3.25. The van der Waals surface area contributed by atoms with Gasteiger partial charge in [0, 0.05) is 19.2 Å². The van der Waals surface area contributed by atoms with E-state index in [4.69, 9.17) is 17.0 Å². The predicted molar refractivity (Wildman–Crippen MR) is 69.2 cm³/mol. The van der Waals surface area contributed by atoms with Gasteiger partial charge in [-0.25, -0.2) is 0 Å². The number of thiocarbonyl (C=S) groups is 1. The fourth-order valence-electron chi connectivity index (χ4n) is 1.57. The Labute approximate surface area is 99.0 Å². The Morgan fingerprint density at radius 1 is 1.20 bits per heavy atom. The molecule has 0 radical (unpaired) electrons. The van der Waals surface area contributed by atoms with Crippen LogP contribution < -0.4 is 10.6 Å². The van der Waals surface area contributed by atoms with Gasteiger partial charge in [0.1, 0.15) is 0 Å². The van der Waals surface area contributed by atoms with Gasteiger partial charge in [-0.1, -0.05) is 20.8 Å². The van der Waals surface area contributed by atoms with Crippen LogP contribution in [0.3, 0.4) is 0 Å². The number of hydrogen-bond donors (Lipinski definition) is 2. The summed E-state index contributed by atoms with van der Waals surface area (Å²) in [4.78, 5) is 0. The number of methoxy groups -OCH3 is 1. The van der Waals surface area contributed by atoms with Crippen molar-refractivity contribution in [3.8, 4) is 0 Å². The molecule has 0 saturated carbocycles. The summed E-state index contributed by atoms with van der Waals surface area (Å²) in [7, 11) is 1.69. The first kappa shape index (κ1) is 14.6. The summed E-state index contributed by atoms with van der Waals surface area (Å²) >= 11 is 5.24. The molecule has 0 rings (SSSR count). The molecule has 0 saturated heterocycles. The van der Waals surface area contributed by atoms with Crippen molar-refractivity contribution in [2.24, 2.45) is 0 Å². The fraction of sp³-hybridized carbons (Fsp3) is 0.909. The Hall–Kier alpha value is -0.350. The number of nitrogens with one attached hydrogen (secondary N) is 2. The van der Waals surface area contributed by atoms with Crippen molar-refractivity contribution in [2.75, 3.05) is 20.3 Å². The zero-order valence-corrected chi connectivity index (χ0v) is 11.2. The van der Waals surface area contributed by atoms with Crippen molar-refractivity contribution in [1.29, 1.82) is 0 Å². The lowest BCUT2D eigenvalue weighted by atomic mass is 9.90. The molecule has 15 heavy (non-hydrogen) atoms. The van der Waals surface area contributed by atoms with Gasteiger partial charge in [-0.05, 0) is 31.5 Å². The van der Waals surface area contributed by atoms with Crippen LogP contribution >= 0.6 is 12.2 Å². The molecular formula is C11H24N2OS. The molecular weight excluding hydrogens is 208 g/mol. The molecule has 0 aromatic carbocycles. The standard InChI is InChI=1S/C11H24N2OS/c1-5-11(6-2,7-3)13-10(15)12-8-9-14-4/h5-9H2,1-4H3,(H2,12,13,15). The third-order valence-electron chi connectivity index (χ3n) is 3.00. The van der Waals surface area contributed by atoms with E-state index in [2.05, 4.69) is 31.4 Å². The van der Waals surface area contributed by atoms with Gasteiger partial charge in [-0.3, -0.25) is 0 Å². The lowest BCUT2D eigenvalue weighted by molar-refractivity contribution is 0.203. The van der Waals surface area contributed by atoms with E-state index < -0.39 is 0 Å². The molecule has 0 unspecified atom stereocenters. The van der Waals surface area contributed by atoms with Crippen LogP contribution in [-0.4, -0.2) is 30.9 Å². The fourth-order valence-corrected chi connectivity index (χ4v) is 1.89. The Balaban J connectivity index is 4.00. The van der Waals surface area contributed by atoms with E-state index in [9.17, 15) is 0 Å². The summed E-state index contributed by atoms with van der Waals surface area (Å²) in [6.07, 6.45) is 3.27. The van der Waals surface area contributed by atoms with E-state index in [1.807, 2.05) is 0 Å². The summed E-state index contributed by atoms with van der Waals surface area (Å²) in [6.45, 7) is 8.02. The highest BCUT2D eigenvalue weighted by Gasteiger charge is 2.23. The molecule has 0 spiro atoms. The van der Waals surface area contributed by atoms with Gasteiger partial charge in [-0.2, -0.15) is 0 Å². The minimum absolute atomic E-state index is 0.150. The monoisotopic (exact) mass is 232 g/mol. The van der Waals surface area contributed by atoms with Crippen LogP contribution in [0.4, 0.5) is 0 Å². The summed E-state index contributed by atoms with van der Waals surface area (Å²) in [5, 5.41) is 7.27. The molecule has 0 atom stereocenters. The van der Waals surface area contributed by atoms with Gasteiger partial charge < -0.3 is 15.4 Å². The average molecular weight is 232 g/mol. The first-order chi connectivity index (χ1) is 7.14. The minimum atomic E-state index is 0.150. The van der Waals surface area contributed by atoms with Crippen LogP contribution in [0.25, 0.3) is 0 Å². The topological polar surface area (TPSA) is 33.3 Å². The summed E-state index contributed by atoms with van der Waals surface area (Å²) < 4.78 is 4.95. The van der Waals surface area contributed by atoms with Gasteiger partial charge in [0.25, 0.3) is 0 Å². The van der Waals surface area contributed by atoms with Crippen molar-refractivity contribution >= 4 is 17.3 Å². The van der Waals surface area contributed by atoms with Gasteiger partial charge in [-0.15, -0.1) is 0 Å². The van der Waals surface area contributed by atoms with Gasteiger partial charge in [0.05, 0.1) is 6.61 Å². The Morgan fingerprint density at radius 3 is 2.13 bits per heavy atom. The molecule has 4 heteroatoms. The highest BCUT2D eigenvalue weighted by Crippen LogP contribution is 2.18. The third kappa shape index (κ3) is 5.33. The number of hydrogen-bond acceptors (Lipinski definition) is 2. The normalized spacial score (nSPS) is 11.2. The smallest absolute Gasteiger partial charge is 0.166 e. The molecule has 0 fully saturated rings. The maximum atomic E-state index is 5.24. The molecule has 0 aliphatic rings. The van der Waals surface area contributed by atoms with Crippen LogP contribution in [0.1, 0.15) is 40.0 Å². The van der Waals surface area contributed by atoms with Gasteiger partial charge in [0.2, 0.25) is 0 Å². The summed E-state index contributed by atoms with van der Waals surface area (Å²) in [5.41, 5.74) is 0.150. The van der Waals surface area contributed by atoms with E-state index in [0.717, 1.165) is 30.9 Å². The predicted octanol–water partition coefficient (Wildman–Crippen LogP) is 2.07. The van der Waals surface area contributed by atoms with Gasteiger partial charge >= 0.3 is 0 Å². The van der Waals surface area contributed by atoms with Crippen molar-refractivity contribution in [2.45, 2.75) is 45.6 Å². The first-order valence-electron chi connectivity index (χ1n) is 5.69. The molecule has 0 aliphatic carbocycles. The van der Waals surface area contributed by atoms with Crippen LogP contribution in [0, 0.1) is 0 Å². The summed E-state index contributed by atoms with van der Waals surface area (Å²) in [6, 6.07) is 0. The Kier molecular flexibility index (Phi) is 7.70. The van der Waals surface area contributed by atoms with Crippen LogP contribution in [-0.2, 0) is 4.74 Å². The van der Waals surface area contributed by atoms with E-state index in [-0.39, 0.29) is 5.54 Å². The van der Waals surface area contributed by atoms with Crippen LogP contribution in [0.5, 0.6) is 0 Å². The van der Waals surface area contributed by atoms with Crippen molar-refractivity contribution in [1.82, 2.24) is 10.6 Å². The summed E-state index contributed by atoms with van der Waals surface area (Å²) in [5.74, 6) is 0. The second-order valence-corrected chi connectivity index (χ2v) is 4.12. The molecule has 0 aliphatic heterocycles. The zero-order chi connectivity index (χ0) is 11.7.